The van der Waals surface area contributed by atoms with Crippen LogP contribution in [0.1, 0.15) is 12.0 Å². The normalized spacial score (nSPS) is 12.1. The van der Waals surface area contributed by atoms with Crippen LogP contribution < -0.4 is 0 Å². The number of aryl methyl sites for hydroxylation is 1. The van der Waals surface area contributed by atoms with E-state index in [9.17, 15) is 9.90 Å². The molecule has 0 heterocycles. The Bertz CT molecular complexity index is 532. The topological polar surface area (TPSA) is 57.5 Å². The smallest absolute Gasteiger partial charge is 0.332 e. The SMILES string of the molecule is O=C(O)C(O)CCc1ccc(-c2ccccc2)cc1. The molecule has 0 aliphatic heterocycles. The van der Waals surface area contributed by atoms with Crippen LogP contribution in [0.2, 0.25) is 0 Å². The summed E-state index contributed by atoms with van der Waals surface area (Å²) in [7, 11) is 0. The van der Waals surface area contributed by atoms with Crippen LogP contribution in [0.5, 0.6) is 0 Å². The van der Waals surface area contributed by atoms with E-state index in [0.717, 1.165) is 16.7 Å². The number of carboxylic acid groups (broad SMARTS) is 1. The van der Waals surface area contributed by atoms with Gasteiger partial charge in [-0.05, 0) is 29.5 Å². The average Bonchev–Trinajstić information content (AvgIpc) is 2.46. The van der Waals surface area contributed by atoms with Gasteiger partial charge in [0.1, 0.15) is 0 Å². The molecule has 0 bridgehead atoms. The molecule has 0 radical (unpaired) electrons. The summed E-state index contributed by atoms with van der Waals surface area (Å²) in [5, 5.41) is 17.8. The third-order valence-electron chi connectivity index (χ3n) is 3.05. The van der Waals surface area contributed by atoms with Gasteiger partial charge in [0.15, 0.2) is 6.10 Å². The molecule has 0 amide bonds. The third-order valence-corrected chi connectivity index (χ3v) is 3.05. The first-order chi connectivity index (χ1) is 9.16. The zero-order valence-electron chi connectivity index (χ0n) is 10.5. The first-order valence-electron chi connectivity index (χ1n) is 6.22. The van der Waals surface area contributed by atoms with E-state index in [2.05, 4.69) is 0 Å². The van der Waals surface area contributed by atoms with Crippen molar-refractivity contribution < 1.29 is 15.0 Å². The first-order valence-corrected chi connectivity index (χ1v) is 6.22. The van der Waals surface area contributed by atoms with E-state index in [4.69, 9.17) is 5.11 Å². The number of hydrogen-bond acceptors (Lipinski definition) is 2. The van der Waals surface area contributed by atoms with Crippen molar-refractivity contribution in [1.82, 2.24) is 0 Å². The minimum absolute atomic E-state index is 0.236. The maximum Gasteiger partial charge on any atom is 0.332 e. The van der Waals surface area contributed by atoms with E-state index in [1.54, 1.807) is 0 Å². The molecule has 19 heavy (non-hydrogen) atoms. The third kappa shape index (κ3) is 3.66. The Hall–Kier alpha value is -2.13. The van der Waals surface area contributed by atoms with Gasteiger partial charge >= 0.3 is 5.97 Å². The highest BCUT2D eigenvalue weighted by atomic mass is 16.4. The van der Waals surface area contributed by atoms with Crippen molar-refractivity contribution in [2.24, 2.45) is 0 Å². The van der Waals surface area contributed by atoms with Crippen molar-refractivity contribution in [1.29, 1.82) is 0 Å². The van der Waals surface area contributed by atoms with E-state index in [0.29, 0.717) is 6.42 Å². The summed E-state index contributed by atoms with van der Waals surface area (Å²) in [6, 6.07) is 18.0. The molecule has 0 spiro atoms. The quantitative estimate of drug-likeness (QED) is 0.864. The van der Waals surface area contributed by atoms with E-state index in [-0.39, 0.29) is 6.42 Å². The minimum Gasteiger partial charge on any atom is -0.479 e. The average molecular weight is 256 g/mol. The number of benzene rings is 2. The number of aliphatic hydroxyl groups excluding tert-OH is 1. The summed E-state index contributed by atoms with van der Waals surface area (Å²) in [5.41, 5.74) is 3.31. The van der Waals surface area contributed by atoms with E-state index < -0.39 is 12.1 Å². The van der Waals surface area contributed by atoms with Crippen LogP contribution in [-0.4, -0.2) is 22.3 Å². The molecule has 3 nitrogen and oxygen atoms in total. The van der Waals surface area contributed by atoms with Gasteiger partial charge in [-0.3, -0.25) is 0 Å². The second kappa shape index (κ2) is 6.16. The molecular formula is C16H16O3. The Labute approximate surface area is 112 Å². The van der Waals surface area contributed by atoms with Gasteiger partial charge in [-0.15, -0.1) is 0 Å². The largest absolute Gasteiger partial charge is 0.479 e. The van der Waals surface area contributed by atoms with Crippen molar-refractivity contribution >= 4 is 5.97 Å². The lowest BCUT2D eigenvalue weighted by Gasteiger charge is -2.06. The van der Waals surface area contributed by atoms with Gasteiger partial charge in [-0.25, -0.2) is 4.79 Å². The molecule has 1 unspecified atom stereocenters. The fraction of sp³-hybridized carbons (Fsp3) is 0.188. The predicted molar refractivity (Wildman–Crippen MR) is 73.8 cm³/mol. The minimum atomic E-state index is -1.28. The fourth-order valence-corrected chi connectivity index (χ4v) is 1.92. The second-order valence-corrected chi connectivity index (χ2v) is 4.46. The number of hydrogen-bond donors (Lipinski definition) is 2. The molecule has 0 saturated carbocycles. The number of rotatable bonds is 5. The molecule has 3 heteroatoms. The first kappa shape index (κ1) is 13.3. The maximum absolute atomic E-state index is 10.5. The van der Waals surface area contributed by atoms with Crippen LogP contribution in [0.15, 0.2) is 54.6 Å². The Morgan fingerprint density at radius 1 is 0.947 bits per heavy atom. The summed E-state index contributed by atoms with van der Waals surface area (Å²) in [6.07, 6.45) is -0.489. The summed E-state index contributed by atoms with van der Waals surface area (Å²) in [5.74, 6) is -1.17. The van der Waals surface area contributed by atoms with Crippen molar-refractivity contribution in [3.63, 3.8) is 0 Å². The van der Waals surface area contributed by atoms with Gasteiger partial charge in [0.2, 0.25) is 0 Å². The van der Waals surface area contributed by atoms with E-state index in [1.165, 1.54) is 0 Å². The molecule has 2 aromatic rings. The molecule has 0 saturated heterocycles. The van der Waals surface area contributed by atoms with Gasteiger partial charge < -0.3 is 10.2 Å². The molecule has 2 rings (SSSR count). The number of carbonyl (C=O) groups is 1. The van der Waals surface area contributed by atoms with Crippen LogP contribution in [0.4, 0.5) is 0 Å². The molecule has 1 atom stereocenters. The van der Waals surface area contributed by atoms with E-state index >= 15 is 0 Å². The summed E-state index contributed by atoms with van der Waals surface area (Å²) in [4.78, 5) is 10.5. The predicted octanol–water partition coefficient (Wildman–Crippen LogP) is 2.73. The lowest BCUT2D eigenvalue weighted by Crippen LogP contribution is -2.19. The Morgan fingerprint density at radius 2 is 1.53 bits per heavy atom. The highest BCUT2D eigenvalue weighted by molar-refractivity contribution is 5.71. The molecule has 0 fully saturated rings. The van der Waals surface area contributed by atoms with Crippen LogP contribution in [0.3, 0.4) is 0 Å². The van der Waals surface area contributed by atoms with Gasteiger partial charge in [0.05, 0.1) is 0 Å². The number of aliphatic hydroxyl groups is 1. The van der Waals surface area contributed by atoms with E-state index in [1.807, 2.05) is 54.6 Å². The second-order valence-electron chi connectivity index (χ2n) is 4.46. The number of carboxylic acids is 1. The van der Waals surface area contributed by atoms with Gasteiger partial charge in [-0.1, -0.05) is 54.6 Å². The highest BCUT2D eigenvalue weighted by Gasteiger charge is 2.12. The van der Waals surface area contributed by atoms with Gasteiger partial charge in [0, 0.05) is 0 Å². The van der Waals surface area contributed by atoms with Crippen LogP contribution in [0.25, 0.3) is 11.1 Å². The van der Waals surface area contributed by atoms with Crippen molar-refractivity contribution in [3.05, 3.63) is 60.2 Å². The van der Waals surface area contributed by atoms with Gasteiger partial charge in [-0.2, -0.15) is 0 Å². The highest BCUT2D eigenvalue weighted by Crippen LogP contribution is 2.19. The van der Waals surface area contributed by atoms with Gasteiger partial charge in [0.25, 0.3) is 0 Å². The van der Waals surface area contributed by atoms with Crippen LogP contribution in [0, 0.1) is 0 Å². The fourth-order valence-electron chi connectivity index (χ4n) is 1.92. The lowest BCUT2D eigenvalue weighted by molar-refractivity contribution is -0.146. The summed E-state index contributed by atoms with van der Waals surface area (Å²) in [6.45, 7) is 0. The lowest BCUT2D eigenvalue weighted by atomic mass is 10.0. The Kier molecular flexibility index (Phi) is 4.31. The summed E-state index contributed by atoms with van der Waals surface area (Å²) < 4.78 is 0. The molecule has 0 aliphatic rings. The van der Waals surface area contributed by atoms with Crippen molar-refractivity contribution in [3.8, 4) is 11.1 Å². The zero-order chi connectivity index (χ0) is 13.7. The molecule has 98 valence electrons. The Balaban J connectivity index is 2.01. The van der Waals surface area contributed by atoms with Crippen LogP contribution in [-0.2, 0) is 11.2 Å². The van der Waals surface area contributed by atoms with Crippen LogP contribution >= 0.6 is 0 Å². The molecule has 2 N–H and O–H groups in total. The number of aliphatic carboxylic acids is 1. The Morgan fingerprint density at radius 3 is 2.11 bits per heavy atom. The van der Waals surface area contributed by atoms with Crippen molar-refractivity contribution in [2.45, 2.75) is 18.9 Å². The maximum atomic E-state index is 10.5. The monoisotopic (exact) mass is 256 g/mol. The van der Waals surface area contributed by atoms with Crippen molar-refractivity contribution in [2.75, 3.05) is 0 Å². The molecule has 0 aliphatic carbocycles. The molecular weight excluding hydrogens is 240 g/mol. The molecule has 0 aromatic heterocycles. The standard InChI is InChI=1S/C16H16O3/c17-15(16(18)19)11-8-12-6-9-14(10-7-12)13-4-2-1-3-5-13/h1-7,9-10,15,17H,8,11H2,(H,18,19). The zero-order valence-corrected chi connectivity index (χ0v) is 10.5. The summed E-state index contributed by atoms with van der Waals surface area (Å²) >= 11 is 0. The molecule has 2 aromatic carbocycles.